The largest absolute Gasteiger partial charge is 0.361 e. The Morgan fingerprint density at radius 1 is 1.21 bits per heavy atom. The average Bonchev–Trinajstić information content (AvgIpc) is 3.30. The highest BCUT2D eigenvalue weighted by molar-refractivity contribution is 14.0. The molecule has 0 fully saturated rings. The van der Waals surface area contributed by atoms with Gasteiger partial charge in [-0.25, -0.2) is 9.38 Å². The number of H-pyrrole nitrogens is 1. The molecule has 0 aliphatic rings. The second-order valence-electron chi connectivity index (χ2n) is 6.42. The number of benzene rings is 1. The lowest BCUT2D eigenvalue weighted by molar-refractivity contribution is 0.629. The normalized spacial score (nSPS) is 11.6. The quantitative estimate of drug-likeness (QED) is 0.213. The minimum atomic E-state index is -0.235. The van der Waals surface area contributed by atoms with Crippen molar-refractivity contribution in [2.24, 2.45) is 4.99 Å². The molecule has 0 unspecified atom stereocenters. The van der Waals surface area contributed by atoms with Crippen LogP contribution in [0.25, 0.3) is 16.6 Å². The monoisotopic (exact) mass is 507 g/mol. The molecule has 7 nitrogen and oxygen atoms in total. The molecule has 0 aliphatic carbocycles. The average molecular weight is 507 g/mol. The molecule has 3 aromatic heterocycles. The summed E-state index contributed by atoms with van der Waals surface area (Å²) in [7, 11) is 0. The number of pyridine rings is 1. The third-order valence-corrected chi connectivity index (χ3v) is 4.52. The molecule has 3 heterocycles. The number of aromatic nitrogens is 4. The Hall–Kier alpha value is -2.69. The number of aromatic amines is 1. The maximum absolute atomic E-state index is 13.3. The summed E-state index contributed by atoms with van der Waals surface area (Å²) in [6, 6.07) is 10.6. The first-order chi connectivity index (χ1) is 13.7. The van der Waals surface area contributed by atoms with Crippen LogP contribution in [-0.4, -0.2) is 38.6 Å². The molecule has 152 valence electrons. The van der Waals surface area contributed by atoms with Gasteiger partial charge in [-0.3, -0.25) is 4.40 Å². The van der Waals surface area contributed by atoms with Crippen LogP contribution in [0.2, 0.25) is 0 Å². The van der Waals surface area contributed by atoms with Crippen LogP contribution in [0.15, 0.2) is 53.8 Å². The van der Waals surface area contributed by atoms with Crippen LogP contribution < -0.4 is 10.6 Å². The van der Waals surface area contributed by atoms with Crippen LogP contribution in [0, 0.1) is 5.82 Å². The summed E-state index contributed by atoms with van der Waals surface area (Å²) in [5.41, 5.74) is 2.76. The molecule has 0 bridgehead atoms. The van der Waals surface area contributed by atoms with Crippen molar-refractivity contribution in [3.8, 4) is 0 Å². The molecular formula is C20H23FIN7. The fourth-order valence-electron chi connectivity index (χ4n) is 3.17. The summed E-state index contributed by atoms with van der Waals surface area (Å²) in [6.45, 7) is 3.92. The number of rotatable bonds is 6. The van der Waals surface area contributed by atoms with Gasteiger partial charge in [0.25, 0.3) is 0 Å². The minimum absolute atomic E-state index is 0. The summed E-state index contributed by atoms with van der Waals surface area (Å²) in [6.07, 6.45) is 4.66. The van der Waals surface area contributed by atoms with E-state index in [4.69, 9.17) is 0 Å². The van der Waals surface area contributed by atoms with Gasteiger partial charge in [0.15, 0.2) is 17.4 Å². The zero-order chi connectivity index (χ0) is 19.3. The fourth-order valence-corrected chi connectivity index (χ4v) is 3.17. The number of fused-ring (bicyclic) bond motifs is 2. The Labute approximate surface area is 184 Å². The van der Waals surface area contributed by atoms with E-state index in [9.17, 15) is 4.39 Å². The maximum atomic E-state index is 13.3. The zero-order valence-corrected chi connectivity index (χ0v) is 18.4. The summed E-state index contributed by atoms with van der Waals surface area (Å²) >= 11 is 0. The standard InChI is InChI=1S/C20H22FN7.HI/c1-2-22-20(25-13-19-27-26-18-5-3-4-10-28(18)19)23-9-8-14-12-24-17-11-15(21)6-7-16(14)17;/h3-7,10-12,24H,2,8-9,13H2,1H3,(H2,22,23,25);1H. The van der Waals surface area contributed by atoms with Crippen LogP contribution in [0.4, 0.5) is 4.39 Å². The second kappa shape index (κ2) is 9.68. The predicted octanol–water partition coefficient (Wildman–Crippen LogP) is 3.27. The molecule has 0 saturated carbocycles. The number of hydrogen-bond donors (Lipinski definition) is 3. The van der Waals surface area contributed by atoms with Gasteiger partial charge in [0.2, 0.25) is 0 Å². The van der Waals surface area contributed by atoms with Crippen LogP contribution >= 0.6 is 24.0 Å². The van der Waals surface area contributed by atoms with Crippen LogP contribution in [0.1, 0.15) is 18.3 Å². The summed E-state index contributed by atoms with van der Waals surface area (Å²) in [4.78, 5) is 7.73. The van der Waals surface area contributed by atoms with E-state index >= 15 is 0 Å². The van der Waals surface area contributed by atoms with E-state index in [1.807, 2.05) is 48.0 Å². The Balaban J connectivity index is 0.00000240. The van der Waals surface area contributed by atoms with E-state index in [1.54, 1.807) is 0 Å². The summed E-state index contributed by atoms with van der Waals surface area (Å²) in [5, 5.41) is 16.0. The van der Waals surface area contributed by atoms with Gasteiger partial charge in [0, 0.05) is 36.4 Å². The van der Waals surface area contributed by atoms with Crippen molar-refractivity contribution in [2.75, 3.05) is 13.1 Å². The van der Waals surface area contributed by atoms with Gasteiger partial charge in [-0.05, 0) is 49.2 Å². The third-order valence-electron chi connectivity index (χ3n) is 4.52. The first-order valence-corrected chi connectivity index (χ1v) is 9.31. The molecule has 0 spiro atoms. The first kappa shape index (κ1) is 21.0. The SMILES string of the molecule is CCNC(=NCc1nnc2ccccn12)NCCc1c[nH]c2cc(F)ccc12.I. The van der Waals surface area contributed by atoms with Gasteiger partial charge >= 0.3 is 0 Å². The van der Waals surface area contributed by atoms with E-state index in [2.05, 4.69) is 30.8 Å². The molecule has 1 aromatic carbocycles. The highest BCUT2D eigenvalue weighted by atomic mass is 127. The first-order valence-electron chi connectivity index (χ1n) is 9.31. The molecular weight excluding hydrogens is 484 g/mol. The summed E-state index contributed by atoms with van der Waals surface area (Å²) in [5.74, 6) is 1.27. The van der Waals surface area contributed by atoms with Gasteiger partial charge in [0.05, 0.1) is 0 Å². The van der Waals surface area contributed by atoms with Crippen molar-refractivity contribution in [1.82, 2.24) is 30.2 Å². The van der Waals surface area contributed by atoms with Gasteiger partial charge in [0.1, 0.15) is 12.4 Å². The van der Waals surface area contributed by atoms with Crippen molar-refractivity contribution >= 4 is 46.5 Å². The third kappa shape index (κ3) is 4.84. The van der Waals surface area contributed by atoms with Gasteiger partial charge in [-0.2, -0.15) is 0 Å². The molecule has 4 aromatic rings. The number of nitrogens with one attached hydrogen (secondary N) is 3. The molecule has 0 aliphatic heterocycles. The molecule has 9 heteroatoms. The molecule has 0 saturated heterocycles. The van der Waals surface area contributed by atoms with E-state index < -0.39 is 0 Å². The fraction of sp³-hybridized carbons (Fsp3) is 0.250. The molecule has 29 heavy (non-hydrogen) atoms. The Morgan fingerprint density at radius 3 is 2.97 bits per heavy atom. The lowest BCUT2D eigenvalue weighted by atomic mass is 10.1. The Bertz CT molecular complexity index is 1120. The topological polar surface area (TPSA) is 82.4 Å². The van der Waals surface area contributed by atoms with Crippen LogP contribution in [0.5, 0.6) is 0 Å². The number of halogens is 2. The minimum Gasteiger partial charge on any atom is -0.361 e. The Morgan fingerprint density at radius 2 is 2.10 bits per heavy atom. The molecule has 0 amide bonds. The lowest BCUT2D eigenvalue weighted by Gasteiger charge is -2.10. The van der Waals surface area contributed by atoms with Crippen molar-refractivity contribution < 1.29 is 4.39 Å². The highest BCUT2D eigenvalue weighted by Gasteiger charge is 2.07. The Kier molecular flexibility index (Phi) is 7.02. The van der Waals surface area contributed by atoms with Crippen LogP contribution in [-0.2, 0) is 13.0 Å². The van der Waals surface area contributed by atoms with Crippen molar-refractivity contribution in [3.05, 3.63) is 66.0 Å². The summed E-state index contributed by atoms with van der Waals surface area (Å²) < 4.78 is 15.2. The highest BCUT2D eigenvalue weighted by Crippen LogP contribution is 2.19. The van der Waals surface area contributed by atoms with Gasteiger partial charge in [-0.1, -0.05) is 6.07 Å². The van der Waals surface area contributed by atoms with Gasteiger partial charge in [-0.15, -0.1) is 34.2 Å². The number of aliphatic imine (C=N–C) groups is 1. The zero-order valence-electron chi connectivity index (χ0n) is 16.0. The lowest BCUT2D eigenvalue weighted by Crippen LogP contribution is -2.38. The van der Waals surface area contributed by atoms with E-state index in [0.717, 1.165) is 46.9 Å². The number of hydrogen-bond acceptors (Lipinski definition) is 3. The van der Waals surface area contributed by atoms with E-state index in [-0.39, 0.29) is 29.8 Å². The predicted molar refractivity (Wildman–Crippen MR) is 123 cm³/mol. The molecule has 4 rings (SSSR count). The van der Waals surface area contributed by atoms with Crippen molar-refractivity contribution in [2.45, 2.75) is 19.9 Å². The molecule has 0 radical (unpaired) electrons. The smallest absolute Gasteiger partial charge is 0.191 e. The molecule has 0 atom stereocenters. The maximum Gasteiger partial charge on any atom is 0.191 e. The number of nitrogens with zero attached hydrogens (tertiary/aromatic N) is 4. The van der Waals surface area contributed by atoms with Crippen LogP contribution in [0.3, 0.4) is 0 Å². The van der Waals surface area contributed by atoms with E-state index in [0.29, 0.717) is 13.1 Å². The van der Waals surface area contributed by atoms with Gasteiger partial charge < -0.3 is 15.6 Å². The number of guanidine groups is 1. The van der Waals surface area contributed by atoms with Crippen molar-refractivity contribution in [1.29, 1.82) is 0 Å². The molecule has 3 N–H and O–H groups in total. The van der Waals surface area contributed by atoms with Crippen molar-refractivity contribution in [3.63, 3.8) is 0 Å². The van der Waals surface area contributed by atoms with E-state index in [1.165, 1.54) is 12.1 Å². The second-order valence-corrected chi connectivity index (χ2v) is 6.42.